The molecule has 2 aliphatic heterocycles. The predicted octanol–water partition coefficient (Wildman–Crippen LogP) is 24.5. The molecular weight excluding hydrogens is 1190 g/mol. The molecule has 2 heterocycles. The number of nitrogens with zero attached hydrogens (tertiary/aromatic N) is 2. The molecule has 0 unspecified atom stereocenters. The van der Waals surface area contributed by atoms with Crippen molar-refractivity contribution in [3.8, 4) is 89.0 Å². The predicted molar refractivity (Wildman–Crippen MR) is 424 cm³/mol. The molecule has 0 amide bonds. The van der Waals surface area contributed by atoms with Crippen LogP contribution in [0.1, 0.15) is 26.3 Å². The number of benzene rings is 17. The molecule has 17 aromatic carbocycles. The van der Waals surface area contributed by atoms with Crippen LogP contribution in [-0.4, -0.2) is 6.71 Å². The second kappa shape index (κ2) is 23.2. The van der Waals surface area contributed by atoms with Crippen LogP contribution in [0.5, 0.6) is 0 Å². The molecule has 99 heavy (non-hydrogen) atoms. The van der Waals surface area contributed by atoms with Gasteiger partial charge in [-0.1, -0.05) is 324 Å². The van der Waals surface area contributed by atoms with Crippen molar-refractivity contribution >= 4 is 100 Å². The fourth-order valence-corrected chi connectivity index (χ4v) is 16.5. The molecule has 2 aliphatic rings. The van der Waals surface area contributed by atoms with Gasteiger partial charge < -0.3 is 9.80 Å². The van der Waals surface area contributed by atoms with E-state index in [4.69, 9.17) is 0 Å². The summed E-state index contributed by atoms with van der Waals surface area (Å²) in [7, 11) is 0. The zero-order valence-electron chi connectivity index (χ0n) is 55.5. The molecule has 0 saturated carbocycles. The number of hydrogen-bond acceptors (Lipinski definition) is 2. The standard InChI is InChI=1S/C96H67BN2/c1-96(2,3)74-60-89-93-90(61-74)99(95-83(67-38-21-9-22-39-67)56-73(64-32-15-6-16-33-64)57-84(95)68-40-23-10-24-41-68)88-53-49-71(75-50-51-80-78-45-26-43-69-42-25-44-77(91(69)78)79-47-27-46-76(75)92(79)80)59-86(88)97(93)85-58-70(62-28-11-4-12-29-62)48-52-87(85)98(89)94-81(65-34-17-7-18-35-65)54-72(63-30-13-5-14-31-63)55-82(94)66-36-19-8-20-37-66/h4-61H,1-3H3. The van der Waals surface area contributed by atoms with Gasteiger partial charge in [0.25, 0.3) is 6.71 Å². The maximum Gasteiger partial charge on any atom is 0.252 e. The SMILES string of the molecule is CC(C)(C)c1cc2c3c(c1)N(c1c(-c4ccccc4)cc(-c4ccccc4)cc1-c1ccccc1)c1ccc(-c4ccc5c6cccc7cccc(c8cccc4c85)c76)cc1B3c1cc(-c3ccccc3)ccc1N2c1c(-c2ccccc2)cc(-c2ccccc2)cc1-c1ccccc1. The third kappa shape index (κ3) is 9.55. The van der Waals surface area contributed by atoms with E-state index in [9.17, 15) is 0 Å². The monoisotopic (exact) mass is 1260 g/mol. The summed E-state index contributed by atoms with van der Waals surface area (Å²) in [6, 6.07) is 133. The second-order valence-electron chi connectivity index (χ2n) is 27.8. The van der Waals surface area contributed by atoms with Crippen molar-refractivity contribution in [1.82, 2.24) is 0 Å². The van der Waals surface area contributed by atoms with Crippen LogP contribution in [0.2, 0.25) is 0 Å². The van der Waals surface area contributed by atoms with Crippen molar-refractivity contribution in [3.05, 3.63) is 357 Å². The van der Waals surface area contributed by atoms with Crippen LogP contribution in [0.15, 0.2) is 352 Å². The van der Waals surface area contributed by atoms with E-state index < -0.39 is 0 Å². The Morgan fingerprint density at radius 2 is 0.576 bits per heavy atom. The highest BCUT2D eigenvalue weighted by Crippen LogP contribution is 2.56. The Balaban J connectivity index is 0.982. The van der Waals surface area contributed by atoms with E-state index in [-0.39, 0.29) is 12.1 Å². The molecule has 0 N–H and O–H groups in total. The van der Waals surface area contributed by atoms with Crippen molar-refractivity contribution < 1.29 is 0 Å². The van der Waals surface area contributed by atoms with Gasteiger partial charge >= 0.3 is 0 Å². The minimum absolute atomic E-state index is 0.248. The zero-order valence-corrected chi connectivity index (χ0v) is 55.5. The van der Waals surface area contributed by atoms with E-state index in [0.717, 1.165) is 89.8 Å². The molecule has 0 aliphatic carbocycles. The first-order chi connectivity index (χ1) is 48.8. The molecule has 0 aromatic heterocycles. The van der Waals surface area contributed by atoms with Crippen molar-refractivity contribution in [2.75, 3.05) is 9.80 Å². The Labute approximate surface area is 579 Å². The maximum atomic E-state index is 2.71. The molecule has 3 heteroatoms. The van der Waals surface area contributed by atoms with E-state index in [1.165, 1.54) is 98.4 Å². The smallest absolute Gasteiger partial charge is 0.252 e. The first-order valence-electron chi connectivity index (χ1n) is 34.7. The van der Waals surface area contributed by atoms with Crippen LogP contribution in [0.3, 0.4) is 0 Å². The lowest BCUT2D eigenvalue weighted by Crippen LogP contribution is -2.61. The van der Waals surface area contributed by atoms with Gasteiger partial charge in [0, 0.05) is 45.0 Å². The van der Waals surface area contributed by atoms with Crippen molar-refractivity contribution in [2.24, 2.45) is 0 Å². The number of hydrogen-bond donors (Lipinski definition) is 0. The van der Waals surface area contributed by atoms with Crippen LogP contribution < -0.4 is 26.2 Å². The first-order valence-corrected chi connectivity index (χ1v) is 34.7. The summed E-state index contributed by atoms with van der Waals surface area (Å²) >= 11 is 0. The van der Waals surface area contributed by atoms with Crippen molar-refractivity contribution in [1.29, 1.82) is 0 Å². The molecular formula is C96H67BN2. The summed E-state index contributed by atoms with van der Waals surface area (Å²) in [6.07, 6.45) is 0. The van der Waals surface area contributed by atoms with E-state index in [1.807, 2.05) is 0 Å². The van der Waals surface area contributed by atoms with Crippen LogP contribution in [0.25, 0.3) is 132 Å². The van der Waals surface area contributed by atoms with E-state index >= 15 is 0 Å². The highest BCUT2D eigenvalue weighted by atomic mass is 15.2. The maximum absolute atomic E-state index is 2.71. The zero-order chi connectivity index (χ0) is 65.9. The van der Waals surface area contributed by atoms with Gasteiger partial charge in [0.15, 0.2) is 0 Å². The van der Waals surface area contributed by atoms with Crippen LogP contribution >= 0.6 is 0 Å². The van der Waals surface area contributed by atoms with Crippen LogP contribution in [0.4, 0.5) is 34.1 Å². The topological polar surface area (TPSA) is 6.48 Å². The summed E-state index contributed by atoms with van der Waals surface area (Å²) in [5.41, 5.74) is 30.0. The Bertz CT molecular complexity index is 5800. The molecule has 0 spiro atoms. The molecule has 0 saturated heterocycles. The summed E-state index contributed by atoms with van der Waals surface area (Å²) in [5.74, 6) is 0. The largest absolute Gasteiger partial charge is 0.310 e. The lowest BCUT2D eigenvalue weighted by molar-refractivity contribution is 0.590. The Morgan fingerprint density at radius 3 is 0.990 bits per heavy atom. The lowest BCUT2D eigenvalue weighted by atomic mass is 9.33. The second-order valence-corrected chi connectivity index (χ2v) is 27.8. The third-order valence-electron chi connectivity index (χ3n) is 21.1. The summed E-state index contributed by atoms with van der Waals surface area (Å²) in [4.78, 5) is 5.40. The van der Waals surface area contributed by atoms with Gasteiger partial charge in [0.2, 0.25) is 0 Å². The summed E-state index contributed by atoms with van der Waals surface area (Å²) in [5, 5.41) is 10.3. The quantitative estimate of drug-likeness (QED) is 0.0765. The average Bonchev–Trinajstić information content (AvgIpc) is 0.695. The van der Waals surface area contributed by atoms with Crippen molar-refractivity contribution in [3.63, 3.8) is 0 Å². The van der Waals surface area contributed by atoms with E-state index in [2.05, 4.69) is 382 Å². The fraction of sp³-hybridized carbons (Fsp3) is 0.0417. The minimum Gasteiger partial charge on any atom is -0.310 e. The highest BCUT2D eigenvalue weighted by molar-refractivity contribution is 7.00. The summed E-state index contributed by atoms with van der Waals surface area (Å²) in [6.45, 7) is 6.91. The molecule has 0 radical (unpaired) electrons. The number of anilines is 6. The molecule has 17 aromatic rings. The van der Waals surface area contributed by atoms with Gasteiger partial charge in [-0.3, -0.25) is 0 Å². The van der Waals surface area contributed by atoms with Gasteiger partial charge in [-0.05, 0) is 186 Å². The van der Waals surface area contributed by atoms with Gasteiger partial charge in [-0.2, -0.15) is 0 Å². The Kier molecular flexibility index (Phi) is 13.6. The van der Waals surface area contributed by atoms with Crippen LogP contribution in [-0.2, 0) is 5.41 Å². The third-order valence-corrected chi connectivity index (χ3v) is 21.1. The molecule has 19 rings (SSSR count). The molecule has 0 atom stereocenters. The van der Waals surface area contributed by atoms with E-state index in [0.29, 0.717) is 0 Å². The van der Waals surface area contributed by atoms with Crippen molar-refractivity contribution in [2.45, 2.75) is 26.2 Å². The molecule has 2 nitrogen and oxygen atoms in total. The minimum atomic E-state index is -0.302. The molecule has 0 fully saturated rings. The first kappa shape index (κ1) is 58.1. The highest BCUT2D eigenvalue weighted by Gasteiger charge is 2.46. The lowest BCUT2D eigenvalue weighted by Gasteiger charge is -2.46. The fourth-order valence-electron chi connectivity index (χ4n) is 16.5. The number of fused-ring (bicyclic) bond motifs is 6. The van der Waals surface area contributed by atoms with Gasteiger partial charge in [0.1, 0.15) is 0 Å². The molecule has 464 valence electrons. The Morgan fingerprint density at radius 1 is 0.232 bits per heavy atom. The molecule has 0 bridgehead atoms. The van der Waals surface area contributed by atoms with Gasteiger partial charge in [-0.15, -0.1) is 0 Å². The van der Waals surface area contributed by atoms with E-state index in [1.54, 1.807) is 0 Å². The Hall–Kier alpha value is -12.3. The van der Waals surface area contributed by atoms with Gasteiger partial charge in [0.05, 0.1) is 11.4 Å². The summed E-state index contributed by atoms with van der Waals surface area (Å²) < 4.78 is 0. The number of rotatable bonds is 10. The normalized spacial score (nSPS) is 12.5. The van der Waals surface area contributed by atoms with Crippen LogP contribution in [0, 0.1) is 0 Å². The van der Waals surface area contributed by atoms with Gasteiger partial charge in [-0.25, -0.2) is 0 Å². The average molecular weight is 1260 g/mol.